The highest BCUT2D eigenvalue weighted by atomic mass is 35.5. The molecule has 0 fully saturated rings. The molecule has 0 saturated carbocycles. The van der Waals surface area contributed by atoms with Crippen LogP contribution in [0.4, 0.5) is 13.2 Å². The molecule has 29 heavy (non-hydrogen) atoms. The summed E-state index contributed by atoms with van der Waals surface area (Å²) < 4.78 is 70.7. The van der Waals surface area contributed by atoms with E-state index in [1.54, 1.807) is 0 Å². The van der Waals surface area contributed by atoms with E-state index in [0.717, 1.165) is 13.3 Å². The fraction of sp³-hybridized carbons (Fsp3) is 0.188. The molecule has 0 unspecified atom stereocenters. The minimum absolute atomic E-state index is 0.0523. The van der Waals surface area contributed by atoms with Crippen molar-refractivity contribution in [1.29, 1.82) is 0 Å². The minimum atomic E-state index is -5.94. The second kappa shape index (κ2) is 7.81. The molecule has 0 bridgehead atoms. The van der Waals surface area contributed by atoms with Crippen molar-refractivity contribution in [2.45, 2.75) is 11.9 Å². The smallest absolute Gasteiger partial charge is 0.493 e. The third kappa shape index (κ3) is 4.16. The first-order chi connectivity index (χ1) is 13.5. The highest BCUT2D eigenvalue weighted by Gasteiger charge is 2.49. The number of fused-ring (bicyclic) bond motifs is 1. The number of nitrogens with zero attached hydrogens (tertiary/aromatic N) is 3. The van der Waals surface area contributed by atoms with Crippen LogP contribution in [0.5, 0.6) is 11.5 Å². The van der Waals surface area contributed by atoms with Crippen molar-refractivity contribution >= 4 is 44.1 Å². The minimum Gasteiger partial charge on any atom is -0.493 e. The van der Waals surface area contributed by atoms with Gasteiger partial charge in [-0.25, -0.2) is 0 Å². The van der Waals surface area contributed by atoms with Crippen LogP contribution in [0.25, 0.3) is 10.8 Å². The summed E-state index contributed by atoms with van der Waals surface area (Å²) in [6, 6.07) is 2.73. The first-order valence-corrected chi connectivity index (χ1v) is 9.81. The number of rotatable bonds is 5. The summed E-state index contributed by atoms with van der Waals surface area (Å²) in [7, 11) is -4.79. The summed E-state index contributed by atoms with van der Waals surface area (Å²) in [5.74, 6) is -0.894. The second-order valence-electron chi connectivity index (χ2n) is 5.59. The Bertz CT molecular complexity index is 1170. The quantitative estimate of drug-likeness (QED) is 0.410. The van der Waals surface area contributed by atoms with Gasteiger partial charge in [-0.05, 0) is 17.7 Å². The Hall–Kier alpha value is -2.37. The number of aromatic nitrogens is 3. The van der Waals surface area contributed by atoms with Crippen molar-refractivity contribution in [2.75, 3.05) is 7.11 Å². The van der Waals surface area contributed by atoms with Crippen molar-refractivity contribution in [3.05, 3.63) is 52.0 Å². The largest absolute Gasteiger partial charge is 0.534 e. The van der Waals surface area contributed by atoms with Gasteiger partial charge in [0, 0.05) is 24.2 Å². The van der Waals surface area contributed by atoms with Crippen LogP contribution in [0.15, 0.2) is 30.7 Å². The molecule has 0 aliphatic carbocycles. The van der Waals surface area contributed by atoms with Gasteiger partial charge in [0.1, 0.15) is 0 Å². The predicted octanol–water partition coefficient (Wildman–Crippen LogP) is 4.16. The van der Waals surface area contributed by atoms with Gasteiger partial charge in [0.2, 0.25) is 0 Å². The maximum Gasteiger partial charge on any atom is 0.534 e. The van der Waals surface area contributed by atoms with Gasteiger partial charge in [-0.2, -0.15) is 31.8 Å². The summed E-state index contributed by atoms with van der Waals surface area (Å²) in [5, 5.41) is 8.43. The Morgan fingerprint density at radius 1 is 1.07 bits per heavy atom. The molecule has 0 aliphatic heterocycles. The van der Waals surface area contributed by atoms with Gasteiger partial charge in [0.05, 0.1) is 34.4 Å². The Balaban J connectivity index is 2.18. The van der Waals surface area contributed by atoms with Gasteiger partial charge in [-0.1, -0.05) is 23.2 Å². The predicted molar refractivity (Wildman–Crippen MR) is 98.8 cm³/mol. The van der Waals surface area contributed by atoms with Crippen molar-refractivity contribution in [3.8, 4) is 11.5 Å². The van der Waals surface area contributed by atoms with E-state index in [9.17, 15) is 21.6 Å². The van der Waals surface area contributed by atoms with Gasteiger partial charge < -0.3 is 8.92 Å². The Labute approximate surface area is 172 Å². The van der Waals surface area contributed by atoms with Crippen molar-refractivity contribution in [3.63, 3.8) is 0 Å². The first-order valence-electron chi connectivity index (χ1n) is 7.65. The van der Waals surface area contributed by atoms with Crippen LogP contribution in [0, 0.1) is 0 Å². The molecule has 0 aliphatic rings. The average Bonchev–Trinajstić information content (AvgIpc) is 2.64. The number of ether oxygens (including phenoxy) is 1. The lowest BCUT2D eigenvalue weighted by atomic mass is 10.0. The van der Waals surface area contributed by atoms with Crippen LogP contribution in [0.2, 0.25) is 10.0 Å². The SMILES string of the molecule is COc1ccc2c(Cc3c(Cl)cncc3Cl)nncc2c1OS(=O)(=O)C(F)(F)F. The van der Waals surface area contributed by atoms with Crippen LogP contribution in [-0.4, -0.2) is 36.2 Å². The third-order valence-corrected chi connectivity index (χ3v) is 5.43. The topological polar surface area (TPSA) is 91.3 Å². The Morgan fingerprint density at radius 3 is 2.31 bits per heavy atom. The van der Waals surface area contributed by atoms with E-state index in [1.807, 2.05) is 0 Å². The van der Waals surface area contributed by atoms with Crippen LogP contribution < -0.4 is 8.92 Å². The van der Waals surface area contributed by atoms with Gasteiger partial charge in [0.15, 0.2) is 11.5 Å². The first kappa shape index (κ1) is 21.3. The van der Waals surface area contributed by atoms with E-state index >= 15 is 0 Å². The number of hydrogen-bond acceptors (Lipinski definition) is 7. The molecular formula is C16H10Cl2F3N3O4S. The fourth-order valence-corrected chi connectivity index (χ4v) is 3.46. The normalized spacial score (nSPS) is 12.2. The fourth-order valence-electron chi connectivity index (χ4n) is 2.48. The molecule has 3 rings (SSSR count). The highest BCUT2D eigenvalue weighted by molar-refractivity contribution is 7.88. The van der Waals surface area contributed by atoms with Gasteiger partial charge in [0.25, 0.3) is 0 Å². The Morgan fingerprint density at radius 2 is 1.72 bits per heavy atom. The number of methoxy groups -OCH3 is 1. The molecule has 0 radical (unpaired) electrons. The van der Waals surface area contributed by atoms with E-state index in [-0.39, 0.29) is 38.7 Å². The molecule has 2 aromatic heterocycles. The molecule has 2 heterocycles. The number of benzene rings is 1. The lowest BCUT2D eigenvalue weighted by Gasteiger charge is -2.15. The zero-order valence-corrected chi connectivity index (χ0v) is 16.7. The van der Waals surface area contributed by atoms with Gasteiger partial charge in [-0.3, -0.25) is 4.98 Å². The standard InChI is InChI=1S/C16H10Cl2F3N3O4S/c1-27-14-3-2-8-10(15(14)28-29(25,26)16(19,20)21)5-23-24-13(8)4-9-11(17)6-22-7-12(9)18/h2-3,5-7H,4H2,1H3. The number of alkyl halides is 3. The van der Waals surface area contributed by atoms with E-state index in [1.165, 1.54) is 24.5 Å². The van der Waals surface area contributed by atoms with Crippen LogP contribution in [0.1, 0.15) is 11.3 Å². The molecule has 0 N–H and O–H groups in total. The molecule has 7 nitrogen and oxygen atoms in total. The number of hydrogen-bond donors (Lipinski definition) is 0. The molecule has 13 heteroatoms. The van der Waals surface area contributed by atoms with Gasteiger partial charge >= 0.3 is 15.6 Å². The average molecular weight is 468 g/mol. The monoisotopic (exact) mass is 467 g/mol. The van der Waals surface area contributed by atoms with Crippen molar-refractivity contribution in [1.82, 2.24) is 15.2 Å². The molecule has 0 spiro atoms. The van der Waals surface area contributed by atoms with Crippen LogP contribution in [0.3, 0.4) is 0 Å². The van der Waals surface area contributed by atoms with E-state index < -0.39 is 21.4 Å². The third-order valence-electron chi connectivity index (χ3n) is 3.83. The van der Waals surface area contributed by atoms with Crippen molar-refractivity contribution in [2.24, 2.45) is 0 Å². The molecule has 0 atom stereocenters. The summed E-state index contributed by atoms with van der Waals surface area (Å²) in [6.45, 7) is 0. The maximum atomic E-state index is 12.8. The van der Waals surface area contributed by atoms with E-state index in [0.29, 0.717) is 5.56 Å². The summed E-state index contributed by atoms with van der Waals surface area (Å²) >= 11 is 12.2. The maximum absolute atomic E-state index is 12.8. The summed E-state index contributed by atoms with van der Waals surface area (Å²) in [5.41, 5.74) is -4.89. The molecule has 154 valence electrons. The summed E-state index contributed by atoms with van der Waals surface area (Å²) in [6.07, 6.45) is 3.87. The number of halogens is 5. The second-order valence-corrected chi connectivity index (χ2v) is 7.94. The molecule has 1 aromatic carbocycles. The zero-order chi connectivity index (χ0) is 21.4. The van der Waals surface area contributed by atoms with Crippen LogP contribution >= 0.6 is 23.2 Å². The van der Waals surface area contributed by atoms with E-state index in [4.69, 9.17) is 27.9 Å². The molecular weight excluding hydrogens is 458 g/mol. The molecule has 0 amide bonds. The Kier molecular flexibility index (Phi) is 5.74. The lowest BCUT2D eigenvalue weighted by Crippen LogP contribution is -2.28. The molecule has 0 saturated heterocycles. The zero-order valence-electron chi connectivity index (χ0n) is 14.4. The van der Waals surface area contributed by atoms with E-state index in [2.05, 4.69) is 19.4 Å². The van der Waals surface area contributed by atoms with Gasteiger partial charge in [-0.15, -0.1) is 0 Å². The van der Waals surface area contributed by atoms with Crippen LogP contribution in [-0.2, 0) is 16.5 Å². The summed E-state index contributed by atoms with van der Waals surface area (Å²) in [4.78, 5) is 3.84. The lowest BCUT2D eigenvalue weighted by molar-refractivity contribution is -0.0500. The highest BCUT2D eigenvalue weighted by Crippen LogP contribution is 2.40. The molecule has 3 aromatic rings. The number of pyridine rings is 1. The van der Waals surface area contributed by atoms with Crippen molar-refractivity contribution < 1.29 is 30.5 Å².